The molecular formula is C34H49FN6O. The maximum atomic E-state index is 12.8. The molecule has 4 aliphatic rings. The molecular weight excluding hydrogens is 527 g/mol. The van der Waals surface area contributed by atoms with Crippen LogP contribution < -0.4 is 10.6 Å². The van der Waals surface area contributed by atoms with Crippen LogP contribution >= 0.6 is 0 Å². The summed E-state index contributed by atoms with van der Waals surface area (Å²) in [7, 11) is 0. The average Bonchev–Trinajstić information content (AvgIpc) is 3.48. The zero-order chi connectivity index (χ0) is 30.0. The first-order chi connectivity index (χ1) is 20.2. The molecule has 3 fully saturated rings. The number of alkyl halides is 1. The molecule has 0 amide bonds. The van der Waals surface area contributed by atoms with Crippen molar-refractivity contribution in [1.29, 1.82) is 5.26 Å². The molecule has 2 aromatic rings. The zero-order valence-electron chi connectivity index (χ0n) is 26.3. The minimum Gasteiger partial charge on any atom is -0.398 e. The lowest BCUT2D eigenvalue weighted by atomic mass is 9.85. The number of nitrogen functional groups attached to an aromatic ring is 1. The molecule has 5 heterocycles. The molecule has 2 N–H and O–H groups in total. The molecule has 1 aromatic heterocycles. The Labute approximate surface area is 251 Å². The van der Waals surface area contributed by atoms with Gasteiger partial charge in [0.05, 0.1) is 24.0 Å². The van der Waals surface area contributed by atoms with E-state index in [0.29, 0.717) is 42.7 Å². The van der Waals surface area contributed by atoms with Crippen molar-refractivity contribution >= 4 is 11.5 Å². The van der Waals surface area contributed by atoms with Gasteiger partial charge in [-0.1, -0.05) is 33.8 Å². The predicted molar refractivity (Wildman–Crippen MR) is 166 cm³/mol. The SMILES string of the molecule is CC12CCCN1CC(F)C2.CCc1nc2c(c(N3CCCC(C)C3)n1)COC(c1c(C(C)CC)ccc(N)c1C#N)C2. The van der Waals surface area contributed by atoms with Crippen LogP contribution in [0.5, 0.6) is 0 Å². The van der Waals surface area contributed by atoms with Gasteiger partial charge in [0.2, 0.25) is 0 Å². The highest BCUT2D eigenvalue weighted by molar-refractivity contribution is 5.62. The summed E-state index contributed by atoms with van der Waals surface area (Å²) in [6.07, 6.45) is 7.36. The number of piperidine rings is 1. The van der Waals surface area contributed by atoms with Crippen LogP contribution in [0.2, 0.25) is 0 Å². The van der Waals surface area contributed by atoms with Gasteiger partial charge >= 0.3 is 0 Å². The predicted octanol–water partition coefficient (Wildman–Crippen LogP) is 6.64. The fourth-order valence-electron chi connectivity index (χ4n) is 7.47. The van der Waals surface area contributed by atoms with Gasteiger partial charge in [0.1, 0.15) is 23.9 Å². The minimum atomic E-state index is -0.551. The Balaban J connectivity index is 0.000000295. The quantitative estimate of drug-likeness (QED) is 0.399. The number of halogens is 1. The van der Waals surface area contributed by atoms with Gasteiger partial charge in [-0.25, -0.2) is 14.4 Å². The zero-order valence-corrected chi connectivity index (χ0v) is 26.3. The second-order valence-corrected chi connectivity index (χ2v) is 13.2. The summed E-state index contributed by atoms with van der Waals surface area (Å²) in [4.78, 5) is 14.6. The number of nitriles is 1. The molecule has 4 aliphatic heterocycles. The van der Waals surface area contributed by atoms with Crippen molar-refractivity contribution in [3.8, 4) is 6.07 Å². The summed E-state index contributed by atoms with van der Waals surface area (Å²) in [5.74, 6) is 2.92. The Hall–Kier alpha value is -2.76. The second-order valence-electron chi connectivity index (χ2n) is 13.2. The standard InChI is InChI=1S/C26H35N5O.C8H14FN/c1-5-17(4)18-9-10-21(28)19(13-27)25(18)23-12-22-20(15-32-23)26(30-24(6-2)29-22)31-11-7-8-16(3)14-31;1-8-3-2-4-10(8)6-7(9)5-8/h9-10,16-17,23H,5-8,11-12,14-15,28H2,1-4H3;7H,2-6H2,1H3. The third kappa shape index (κ3) is 6.14. The number of fused-ring (bicyclic) bond motifs is 2. The molecule has 6 rings (SSSR count). The highest BCUT2D eigenvalue weighted by Gasteiger charge is 2.44. The second kappa shape index (κ2) is 12.9. The van der Waals surface area contributed by atoms with Crippen molar-refractivity contribution in [2.24, 2.45) is 5.92 Å². The maximum absolute atomic E-state index is 12.8. The van der Waals surface area contributed by atoms with Crippen molar-refractivity contribution in [3.63, 3.8) is 0 Å². The molecule has 8 heteroatoms. The largest absolute Gasteiger partial charge is 0.398 e. The van der Waals surface area contributed by atoms with E-state index in [1.54, 1.807) is 0 Å². The Kier molecular flexibility index (Phi) is 9.39. The Morgan fingerprint density at radius 3 is 2.71 bits per heavy atom. The minimum absolute atomic E-state index is 0.225. The average molecular weight is 577 g/mol. The molecule has 3 saturated heterocycles. The topological polar surface area (TPSA) is 91.3 Å². The van der Waals surface area contributed by atoms with Crippen LogP contribution in [0.3, 0.4) is 0 Å². The number of rotatable bonds is 5. The van der Waals surface area contributed by atoms with Crippen molar-refractivity contribution in [2.45, 2.75) is 116 Å². The molecule has 0 radical (unpaired) electrons. The number of hydrogen-bond donors (Lipinski definition) is 1. The van der Waals surface area contributed by atoms with E-state index in [9.17, 15) is 9.65 Å². The molecule has 0 aliphatic carbocycles. The van der Waals surface area contributed by atoms with E-state index in [0.717, 1.165) is 72.9 Å². The summed E-state index contributed by atoms with van der Waals surface area (Å²) in [6.45, 7) is 15.3. The Morgan fingerprint density at radius 2 is 2.02 bits per heavy atom. The molecule has 7 nitrogen and oxygen atoms in total. The number of nitrogens with zero attached hydrogens (tertiary/aromatic N) is 5. The highest BCUT2D eigenvalue weighted by Crippen LogP contribution is 2.41. The van der Waals surface area contributed by atoms with Crippen molar-refractivity contribution in [1.82, 2.24) is 14.9 Å². The van der Waals surface area contributed by atoms with Crippen LogP contribution in [0.15, 0.2) is 12.1 Å². The first-order valence-corrected chi connectivity index (χ1v) is 16.1. The van der Waals surface area contributed by atoms with Crippen molar-refractivity contribution < 1.29 is 9.13 Å². The van der Waals surface area contributed by atoms with E-state index < -0.39 is 6.17 Å². The third-order valence-corrected chi connectivity index (χ3v) is 10.1. The summed E-state index contributed by atoms with van der Waals surface area (Å²) >= 11 is 0. The third-order valence-electron chi connectivity index (χ3n) is 10.1. The van der Waals surface area contributed by atoms with Crippen molar-refractivity contribution in [3.05, 3.63) is 45.9 Å². The number of aromatic nitrogens is 2. The van der Waals surface area contributed by atoms with Crippen LogP contribution in [0.25, 0.3) is 0 Å². The van der Waals surface area contributed by atoms with E-state index in [2.05, 4.69) is 56.6 Å². The number of benzene rings is 1. The van der Waals surface area contributed by atoms with Gasteiger partial charge in [0.25, 0.3) is 0 Å². The first-order valence-electron chi connectivity index (χ1n) is 16.1. The van der Waals surface area contributed by atoms with Gasteiger partial charge in [0.15, 0.2) is 0 Å². The number of aryl methyl sites for hydroxylation is 1. The van der Waals surface area contributed by atoms with Crippen LogP contribution in [-0.4, -0.2) is 52.8 Å². The van der Waals surface area contributed by atoms with E-state index in [1.807, 2.05) is 6.07 Å². The molecule has 42 heavy (non-hydrogen) atoms. The van der Waals surface area contributed by atoms with Crippen molar-refractivity contribution in [2.75, 3.05) is 36.8 Å². The summed E-state index contributed by atoms with van der Waals surface area (Å²) in [5, 5.41) is 9.91. The van der Waals surface area contributed by atoms with E-state index in [-0.39, 0.29) is 11.6 Å². The molecule has 0 saturated carbocycles. The smallest absolute Gasteiger partial charge is 0.138 e. The fourth-order valence-corrected chi connectivity index (χ4v) is 7.47. The Morgan fingerprint density at radius 1 is 1.21 bits per heavy atom. The molecule has 0 spiro atoms. The van der Waals surface area contributed by atoms with Crippen LogP contribution in [0.1, 0.15) is 119 Å². The van der Waals surface area contributed by atoms with E-state index in [1.165, 1.54) is 25.7 Å². The maximum Gasteiger partial charge on any atom is 0.138 e. The molecule has 5 unspecified atom stereocenters. The fraction of sp³-hybridized carbons (Fsp3) is 0.676. The van der Waals surface area contributed by atoms with E-state index in [4.69, 9.17) is 20.4 Å². The first kappa shape index (κ1) is 30.7. The highest BCUT2D eigenvalue weighted by atomic mass is 19.1. The van der Waals surface area contributed by atoms with Gasteiger partial charge < -0.3 is 15.4 Å². The van der Waals surface area contributed by atoms with Crippen LogP contribution in [0, 0.1) is 17.2 Å². The Bertz CT molecular complexity index is 1310. The molecule has 228 valence electrons. The van der Waals surface area contributed by atoms with Gasteiger partial charge in [-0.15, -0.1) is 0 Å². The molecule has 5 atom stereocenters. The van der Waals surface area contributed by atoms with Gasteiger partial charge in [-0.2, -0.15) is 5.26 Å². The normalized spacial score (nSPS) is 27.9. The van der Waals surface area contributed by atoms with Crippen LogP contribution in [-0.2, 0) is 24.2 Å². The summed E-state index contributed by atoms with van der Waals surface area (Å²) in [5.41, 5.74) is 11.8. The van der Waals surface area contributed by atoms with Gasteiger partial charge in [0, 0.05) is 54.8 Å². The van der Waals surface area contributed by atoms with Gasteiger partial charge in [-0.3, -0.25) is 4.90 Å². The van der Waals surface area contributed by atoms with Gasteiger partial charge in [-0.05, 0) is 75.5 Å². The molecule has 0 bridgehead atoms. The van der Waals surface area contributed by atoms with E-state index >= 15 is 0 Å². The molecule has 1 aromatic carbocycles. The number of ether oxygens (including phenoxy) is 1. The monoisotopic (exact) mass is 576 g/mol. The summed E-state index contributed by atoms with van der Waals surface area (Å²) < 4.78 is 19.3. The lowest BCUT2D eigenvalue weighted by Gasteiger charge is -2.36. The number of nitrogens with two attached hydrogens (primary N) is 1. The lowest BCUT2D eigenvalue weighted by molar-refractivity contribution is 0.0250. The lowest BCUT2D eigenvalue weighted by Crippen LogP contribution is -2.37. The number of hydrogen-bond acceptors (Lipinski definition) is 7. The summed E-state index contributed by atoms with van der Waals surface area (Å²) in [6, 6.07) is 6.27. The number of anilines is 2. The van der Waals surface area contributed by atoms with Crippen LogP contribution in [0.4, 0.5) is 15.9 Å².